The lowest BCUT2D eigenvalue weighted by Crippen LogP contribution is -2.07. The third-order valence-electron chi connectivity index (χ3n) is 4.65. The van der Waals surface area contributed by atoms with E-state index < -0.39 is 10.0 Å². The Hall–Kier alpha value is -2.00. The molecule has 1 aliphatic rings. The van der Waals surface area contributed by atoms with Gasteiger partial charge in [-0.3, -0.25) is 4.79 Å². The summed E-state index contributed by atoms with van der Waals surface area (Å²) in [7, 11) is -1.46. The van der Waals surface area contributed by atoms with Crippen molar-refractivity contribution in [3.05, 3.63) is 65.9 Å². The van der Waals surface area contributed by atoms with Crippen LogP contribution in [0.25, 0.3) is 10.9 Å². The molecule has 2 heterocycles. The van der Waals surface area contributed by atoms with Crippen LogP contribution in [0.1, 0.15) is 24.0 Å². The third kappa shape index (κ3) is 1.92. The average Bonchev–Trinajstić information content (AvgIpc) is 3.11. The molecule has 1 aliphatic heterocycles. The normalized spacial score (nSPS) is 26.5. The molecule has 0 spiro atoms. The van der Waals surface area contributed by atoms with E-state index in [1.54, 1.807) is 0 Å². The van der Waals surface area contributed by atoms with Gasteiger partial charge in [0.1, 0.15) is 0 Å². The van der Waals surface area contributed by atoms with Crippen molar-refractivity contribution in [3.8, 4) is 0 Å². The SMILES string of the molecule is CC1CS(C=O)(Cc2ccccc2)c2c1ccc1[nH]ccc21. The Balaban J connectivity index is 1.92. The Kier molecular flexibility index (Phi) is 3.12. The largest absolute Gasteiger partial charge is 0.361 e. The molecule has 22 heavy (non-hydrogen) atoms. The standard InChI is InChI=1S/C19H19NOS/c1-14-11-22(13-21,12-15-5-3-2-4-6-15)19-16(14)7-8-18-17(19)9-10-20-18/h2-10,13-14,20H,11-12H2,1H3. The van der Waals surface area contributed by atoms with Gasteiger partial charge in [-0.05, 0) is 34.9 Å². The van der Waals surface area contributed by atoms with Gasteiger partial charge in [0.05, 0.1) is 0 Å². The minimum absolute atomic E-state index is 0.457. The second kappa shape index (κ2) is 5.03. The van der Waals surface area contributed by atoms with Crippen LogP contribution in [0, 0.1) is 0 Å². The minimum atomic E-state index is -1.46. The predicted molar refractivity (Wildman–Crippen MR) is 94.3 cm³/mol. The fraction of sp³-hybridized carbons (Fsp3) is 0.211. The van der Waals surface area contributed by atoms with Gasteiger partial charge < -0.3 is 4.98 Å². The molecule has 0 saturated carbocycles. The molecule has 2 unspecified atom stereocenters. The van der Waals surface area contributed by atoms with Crippen LogP contribution in [-0.4, -0.2) is 16.4 Å². The quantitative estimate of drug-likeness (QED) is 0.690. The maximum atomic E-state index is 12.2. The number of fused-ring (bicyclic) bond motifs is 3. The topological polar surface area (TPSA) is 32.9 Å². The molecule has 112 valence electrons. The Bertz CT molecular complexity index is 839. The van der Waals surface area contributed by atoms with Crippen LogP contribution in [0.3, 0.4) is 0 Å². The summed E-state index contributed by atoms with van der Waals surface area (Å²) in [5.74, 6) is 2.29. The van der Waals surface area contributed by atoms with Crippen molar-refractivity contribution < 1.29 is 4.79 Å². The molecule has 3 heteroatoms. The van der Waals surface area contributed by atoms with Crippen LogP contribution in [0.15, 0.2) is 59.6 Å². The molecule has 0 saturated heterocycles. The number of hydrogen-bond donors (Lipinski definition) is 1. The molecule has 2 nitrogen and oxygen atoms in total. The van der Waals surface area contributed by atoms with E-state index in [0.29, 0.717) is 5.92 Å². The first-order valence-corrected chi connectivity index (χ1v) is 9.65. The molecule has 1 N–H and O–H groups in total. The van der Waals surface area contributed by atoms with Crippen molar-refractivity contribution in [1.82, 2.24) is 4.98 Å². The summed E-state index contributed by atoms with van der Waals surface area (Å²) in [6, 6.07) is 16.9. The highest BCUT2D eigenvalue weighted by molar-refractivity contribution is 8.43. The molecule has 1 aromatic heterocycles. The number of carbonyl (C=O) groups excluding carboxylic acids is 1. The summed E-state index contributed by atoms with van der Waals surface area (Å²) < 4.78 is 0. The van der Waals surface area contributed by atoms with E-state index in [9.17, 15) is 4.79 Å². The monoisotopic (exact) mass is 309 g/mol. The number of carbonyl (C=O) groups is 1. The van der Waals surface area contributed by atoms with Gasteiger partial charge in [-0.1, -0.05) is 43.3 Å². The molecule has 2 atom stereocenters. The summed E-state index contributed by atoms with van der Waals surface area (Å²) in [4.78, 5) is 16.8. The maximum absolute atomic E-state index is 12.2. The van der Waals surface area contributed by atoms with Gasteiger partial charge in [0.2, 0.25) is 0 Å². The van der Waals surface area contributed by atoms with Crippen LogP contribution in [0.5, 0.6) is 0 Å². The Morgan fingerprint density at radius 1 is 1.18 bits per heavy atom. The number of hydrogen-bond acceptors (Lipinski definition) is 1. The number of benzene rings is 2. The van der Waals surface area contributed by atoms with Crippen LogP contribution in [0.2, 0.25) is 0 Å². The van der Waals surface area contributed by atoms with Crippen LogP contribution in [0.4, 0.5) is 0 Å². The number of nitrogens with one attached hydrogen (secondary N) is 1. The fourth-order valence-electron chi connectivity index (χ4n) is 3.71. The minimum Gasteiger partial charge on any atom is -0.361 e. The first kappa shape index (κ1) is 13.6. The van der Waals surface area contributed by atoms with E-state index in [2.05, 4.69) is 54.4 Å². The first-order chi connectivity index (χ1) is 10.7. The van der Waals surface area contributed by atoms with Gasteiger partial charge in [0, 0.05) is 27.7 Å². The Labute approximate surface area is 131 Å². The summed E-state index contributed by atoms with van der Waals surface area (Å²) in [5.41, 5.74) is 5.04. The van der Waals surface area contributed by atoms with Crippen LogP contribution in [-0.2, 0) is 10.5 Å². The average molecular weight is 309 g/mol. The summed E-state index contributed by atoms with van der Waals surface area (Å²) >= 11 is 0. The van der Waals surface area contributed by atoms with E-state index in [1.165, 1.54) is 27.0 Å². The van der Waals surface area contributed by atoms with Crippen molar-refractivity contribution in [1.29, 1.82) is 0 Å². The van der Waals surface area contributed by atoms with Crippen LogP contribution < -0.4 is 0 Å². The van der Waals surface area contributed by atoms with Crippen molar-refractivity contribution in [2.24, 2.45) is 0 Å². The van der Waals surface area contributed by atoms with E-state index in [1.807, 2.05) is 12.3 Å². The molecule has 4 rings (SSSR count). The zero-order valence-corrected chi connectivity index (χ0v) is 13.4. The van der Waals surface area contributed by atoms with Crippen molar-refractivity contribution in [3.63, 3.8) is 0 Å². The van der Waals surface area contributed by atoms with E-state index in [4.69, 9.17) is 0 Å². The lowest BCUT2D eigenvalue weighted by Gasteiger charge is -2.31. The first-order valence-electron chi connectivity index (χ1n) is 7.61. The van der Waals surface area contributed by atoms with Gasteiger partial charge in [0.25, 0.3) is 0 Å². The zero-order chi connectivity index (χ0) is 15.2. The lowest BCUT2D eigenvalue weighted by atomic mass is 10.0. The summed E-state index contributed by atoms with van der Waals surface area (Å²) in [6.07, 6.45) is 1.98. The molecular weight excluding hydrogens is 290 g/mol. The molecule has 0 bridgehead atoms. The highest BCUT2D eigenvalue weighted by Gasteiger charge is 2.39. The Morgan fingerprint density at radius 3 is 2.77 bits per heavy atom. The van der Waals surface area contributed by atoms with Crippen molar-refractivity contribution in [2.45, 2.75) is 23.5 Å². The van der Waals surface area contributed by atoms with E-state index >= 15 is 0 Å². The second-order valence-corrected chi connectivity index (χ2v) is 9.27. The van der Waals surface area contributed by atoms with Crippen molar-refractivity contribution in [2.75, 3.05) is 5.75 Å². The molecular formula is C19H19NOS. The highest BCUT2D eigenvalue weighted by atomic mass is 32.3. The predicted octanol–water partition coefficient (Wildman–Crippen LogP) is 4.84. The maximum Gasteiger partial charge on any atom is 0.163 e. The molecule has 0 amide bonds. The molecule has 3 aromatic rings. The van der Waals surface area contributed by atoms with Gasteiger partial charge in [-0.15, -0.1) is 0 Å². The zero-order valence-electron chi connectivity index (χ0n) is 12.6. The third-order valence-corrected chi connectivity index (χ3v) is 8.23. The van der Waals surface area contributed by atoms with Crippen LogP contribution >= 0.6 is 10.0 Å². The van der Waals surface area contributed by atoms with E-state index in [0.717, 1.165) is 17.0 Å². The summed E-state index contributed by atoms with van der Waals surface area (Å²) in [5, 5.41) is 1.24. The number of H-pyrrole nitrogens is 1. The van der Waals surface area contributed by atoms with Gasteiger partial charge in [-0.25, -0.2) is 0 Å². The smallest absolute Gasteiger partial charge is 0.163 e. The second-order valence-electron chi connectivity index (χ2n) is 6.16. The van der Waals surface area contributed by atoms with Crippen molar-refractivity contribution >= 4 is 26.5 Å². The Morgan fingerprint density at radius 2 is 2.00 bits per heavy atom. The van der Waals surface area contributed by atoms with E-state index in [-0.39, 0.29) is 0 Å². The number of aromatic nitrogens is 1. The number of rotatable bonds is 3. The lowest BCUT2D eigenvalue weighted by molar-refractivity contribution is 0.569. The summed E-state index contributed by atoms with van der Waals surface area (Å²) in [6.45, 7) is 2.25. The van der Waals surface area contributed by atoms with Gasteiger partial charge >= 0.3 is 0 Å². The molecule has 0 aliphatic carbocycles. The molecule has 0 radical (unpaired) electrons. The molecule has 0 fully saturated rings. The fourth-order valence-corrected chi connectivity index (χ4v) is 7.59. The molecule has 2 aromatic carbocycles. The number of aromatic amines is 1. The van der Waals surface area contributed by atoms with Gasteiger partial charge in [0.15, 0.2) is 5.62 Å². The van der Waals surface area contributed by atoms with Gasteiger partial charge in [-0.2, -0.15) is 10.0 Å². The highest BCUT2D eigenvalue weighted by Crippen LogP contribution is 2.66.